The Balaban J connectivity index is 1.85. The lowest BCUT2D eigenvalue weighted by atomic mass is 10.1. The molecule has 124 valence electrons. The standard InChI is InChI=1S/C14H15ClN2O5S/c15-11-1-5-13(6-2-11)22-10-9-16-23(20,21)14-7-3-12(4-8-14)17(18)19/h1-3,5-7,16H,4,8-10H2. The molecule has 0 saturated carbocycles. The van der Waals surface area contributed by atoms with E-state index in [2.05, 4.69) is 4.72 Å². The van der Waals surface area contributed by atoms with E-state index in [4.69, 9.17) is 16.3 Å². The van der Waals surface area contributed by atoms with Crippen LogP contribution in [0.2, 0.25) is 5.02 Å². The molecule has 0 atom stereocenters. The van der Waals surface area contributed by atoms with Gasteiger partial charge in [0.25, 0.3) is 0 Å². The third-order valence-electron chi connectivity index (χ3n) is 3.15. The number of nitrogens with zero attached hydrogens (tertiary/aromatic N) is 1. The smallest absolute Gasteiger partial charge is 0.246 e. The first-order chi connectivity index (χ1) is 10.9. The number of benzene rings is 1. The second-order valence-electron chi connectivity index (χ2n) is 4.75. The van der Waals surface area contributed by atoms with Crippen molar-refractivity contribution in [2.24, 2.45) is 0 Å². The van der Waals surface area contributed by atoms with E-state index < -0.39 is 14.9 Å². The van der Waals surface area contributed by atoms with Crippen LogP contribution in [0, 0.1) is 10.1 Å². The van der Waals surface area contributed by atoms with Crippen LogP contribution in [0.1, 0.15) is 12.8 Å². The zero-order valence-electron chi connectivity index (χ0n) is 12.1. The summed E-state index contributed by atoms with van der Waals surface area (Å²) in [4.78, 5) is 10.2. The number of halogens is 1. The van der Waals surface area contributed by atoms with E-state index in [1.165, 1.54) is 12.2 Å². The number of nitro groups is 1. The molecule has 0 aliphatic heterocycles. The number of sulfonamides is 1. The Morgan fingerprint density at radius 2 is 1.91 bits per heavy atom. The molecule has 9 heteroatoms. The van der Waals surface area contributed by atoms with Crippen LogP contribution in [0.25, 0.3) is 0 Å². The Morgan fingerprint density at radius 1 is 1.22 bits per heavy atom. The van der Waals surface area contributed by atoms with Crippen molar-refractivity contribution in [2.75, 3.05) is 13.2 Å². The monoisotopic (exact) mass is 358 g/mol. The van der Waals surface area contributed by atoms with Crippen molar-refractivity contribution >= 4 is 21.6 Å². The average molecular weight is 359 g/mol. The highest BCUT2D eigenvalue weighted by molar-refractivity contribution is 7.93. The molecule has 1 aliphatic carbocycles. The minimum absolute atomic E-state index is 0.00928. The predicted molar refractivity (Wildman–Crippen MR) is 86.3 cm³/mol. The Hall–Kier alpha value is -1.90. The second kappa shape index (κ2) is 7.58. The minimum atomic E-state index is -3.65. The number of hydrogen-bond donors (Lipinski definition) is 1. The van der Waals surface area contributed by atoms with Crippen molar-refractivity contribution in [1.29, 1.82) is 0 Å². The first-order valence-electron chi connectivity index (χ1n) is 6.80. The van der Waals surface area contributed by atoms with Crippen molar-refractivity contribution in [1.82, 2.24) is 4.72 Å². The van der Waals surface area contributed by atoms with E-state index in [1.54, 1.807) is 24.3 Å². The molecule has 0 fully saturated rings. The van der Waals surface area contributed by atoms with Crippen molar-refractivity contribution in [3.8, 4) is 5.75 Å². The lowest BCUT2D eigenvalue weighted by molar-refractivity contribution is -0.428. The fourth-order valence-corrected chi connectivity index (χ4v) is 3.23. The lowest BCUT2D eigenvalue weighted by Gasteiger charge is -2.12. The van der Waals surface area contributed by atoms with Gasteiger partial charge in [0.05, 0.1) is 9.83 Å². The van der Waals surface area contributed by atoms with Crippen LogP contribution >= 0.6 is 11.6 Å². The number of rotatable bonds is 7. The van der Waals surface area contributed by atoms with E-state index in [1.807, 2.05) is 0 Å². The van der Waals surface area contributed by atoms with Gasteiger partial charge in [0.2, 0.25) is 15.7 Å². The summed E-state index contributed by atoms with van der Waals surface area (Å²) >= 11 is 5.75. The molecule has 1 aliphatic rings. The zero-order chi connectivity index (χ0) is 16.9. The highest BCUT2D eigenvalue weighted by Gasteiger charge is 2.23. The molecule has 0 saturated heterocycles. The molecule has 0 bridgehead atoms. The third kappa shape index (κ3) is 5.05. The summed E-state index contributed by atoms with van der Waals surface area (Å²) in [6, 6.07) is 6.72. The Morgan fingerprint density at radius 3 is 2.48 bits per heavy atom. The predicted octanol–water partition coefficient (Wildman–Crippen LogP) is 2.48. The molecule has 1 N–H and O–H groups in total. The normalized spacial score (nSPS) is 14.8. The number of nitrogens with one attached hydrogen (secondary N) is 1. The maximum atomic E-state index is 12.1. The molecule has 1 aromatic carbocycles. The summed E-state index contributed by atoms with van der Waals surface area (Å²) in [5, 5.41) is 11.2. The quantitative estimate of drug-likeness (QED) is 0.458. The summed E-state index contributed by atoms with van der Waals surface area (Å²) in [7, 11) is -3.65. The lowest BCUT2D eigenvalue weighted by Crippen LogP contribution is -2.29. The van der Waals surface area contributed by atoms with Crippen LogP contribution in [0.5, 0.6) is 5.75 Å². The summed E-state index contributed by atoms with van der Waals surface area (Å²) in [6.45, 7) is 0.248. The Labute approximate surface area is 138 Å². The van der Waals surface area contributed by atoms with Gasteiger partial charge in [-0.3, -0.25) is 10.1 Å². The molecule has 1 aromatic rings. The molecule has 0 amide bonds. The first kappa shape index (κ1) is 17.5. The van der Waals surface area contributed by atoms with Crippen LogP contribution in [-0.2, 0) is 10.0 Å². The number of hydrogen-bond acceptors (Lipinski definition) is 5. The fourth-order valence-electron chi connectivity index (χ4n) is 1.95. The highest BCUT2D eigenvalue weighted by Crippen LogP contribution is 2.22. The molecule has 0 heterocycles. The number of ether oxygens (including phenoxy) is 1. The SMILES string of the molecule is O=[N+]([O-])C1=CC=C(S(=O)(=O)NCCOc2ccc(Cl)cc2)CC1. The molecule has 2 rings (SSSR count). The van der Waals surface area contributed by atoms with Gasteiger partial charge < -0.3 is 4.74 Å². The Kier molecular flexibility index (Phi) is 5.75. The van der Waals surface area contributed by atoms with Gasteiger partial charge in [0.1, 0.15) is 12.4 Å². The van der Waals surface area contributed by atoms with E-state index in [0.717, 1.165) is 0 Å². The molecule has 23 heavy (non-hydrogen) atoms. The fraction of sp³-hybridized carbons (Fsp3) is 0.286. The number of allylic oxidation sites excluding steroid dienone is 4. The van der Waals surface area contributed by atoms with Gasteiger partial charge >= 0.3 is 0 Å². The second-order valence-corrected chi connectivity index (χ2v) is 7.00. The summed E-state index contributed by atoms with van der Waals surface area (Å²) in [5.74, 6) is 0.587. The third-order valence-corrected chi connectivity index (χ3v) is 5.01. The molecular formula is C14H15ClN2O5S. The van der Waals surface area contributed by atoms with Crippen LogP contribution in [0.3, 0.4) is 0 Å². The van der Waals surface area contributed by atoms with Gasteiger partial charge in [-0.25, -0.2) is 13.1 Å². The topological polar surface area (TPSA) is 98.5 Å². The summed E-state index contributed by atoms with van der Waals surface area (Å²) < 4.78 is 31.9. The average Bonchev–Trinajstić information content (AvgIpc) is 2.53. The first-order valence-corrected chi connectivity index (χ1v) is 8.67. The summed E-state index contributed by atoms with van der Waals surface area (Å²) in [5.41, 5.74) is 0.00928. The Bertz CT molecular complexity index is 741. The largest absolute Gasteiger partial charge is 0.492 e. The zero-order valence-corrected chi connectivity index (χ0v) is 13.6. The van der Waals surface area contributed by atoms with Crippen LogP contribution in [0.15, 0.2) is 47.0 Å². The van der Waals surface area contributed by atoms with Crippen molar-refractivity contribution in [2.45, 2.75) is 12.8 Å². The van der Waals surface area contributed by atoms with E-state index in [0.29, 0.717) is 10.8 Å². The molecule has 0 spiro atoms. The summed E-state index contributed by atoms with van der Waals surface area (Å²) in [6.07, 6.45) is 2.70. The van der Waals surface area contributed by atoms with Crippen molar-refractivity contribution in [3.63, 3.8) is 0 Å². The van der Waals surface area contributed by atoms with Gasteiger partial charge in [0.15, 0.2) is 0 Å². The van der Waals surface area contributed by atoms with E-state index in [9.17, 15) is 18.5 Å². The van der Waals surface area contributed by atoms with Gasteiger partial charge in [-0.2, -0.15) is 0 Å². The van der Waals surface area contributed by atoms with E-state index >= 15 is 0 Å². The maximum absolute atomic E-state index is 12.1. The minimum Gasteiger partial charge on any atom is -0.492 e. The molecule has 7 nitrogen and oxygen atoms in total. The van der Waals surface area contributed by atoms with Crippen LogP contribution in [0.4, 0.5) is 0 Å². The van der Waals surface area contributed by atoms with Crippen LogP contribution in [-0.4, -0.2) is 26.5 Å². The van der Waals surface area contributed by atoms with Crippen LogP contribution < -0.4 is 9.46 Å². The highest BCUT2D eigenvalue weighted by atomic mass is 35.5. The van der Waals surface area contributed by atoms with E-state index in [-0.39, 0.29) is 36.6 Å². The molecular weight excluding hydrogens is 344 g/mol. The van der Waals surface area contributed by atoms with Gasteiger partial charge in [0, 0.05) is 24.1 Å². The van der Waals surface area contributed by atoms with Gasteiger partial charge in [-0.1, -0.05) is 11.6 Å². The molecule has 0 radical (unpaired) electrons. The maximum Gasteiger partial charge on any atom is 0.246 e. The van der Waals surface area contributed by atoms with Crippen molar-refractivity contribution < 1.29 is 18.1 Å². The van der Waals surface area contributed by atoms with Gasteiger partial charge in [-0.15, -0.1) is 0 Å². The van der Waals surface area contributed by atoms with Gasteiger partial charge in [-0.05, 0) is 36.8 Å². The molecule has 0 aromatic heterocycles. The van der Waals surface area contributed by atoms with Crippen molar-refractivity contribution in [3.05, 3.63) is 62.2 Å². The molecule has 0 unspecified atom stereocenters.